The van der Waals surface area contributed by atoms with Gasteiger partial charge in [0.25, 0.3) is 17.7 Å². The number of alkyl carbamates (subject to hydrolysis) is 1. The highest BCUT2D eigenvalue weighted by atomic mass is 32.2. The number of anilines is 6. The van der Waals surface area contributed by atoms with E-state index in [1.807, 2.05) is 184 Å². The number of nitrogens with zero attached hydrogens (tertiary/aromatic N) is 15. The fourth-order valence-corrected chi connectivity index (χ4v) is 18.1. The molecule has 750 valence electrons. The number of aryl methyl sites for hydroxylation is 4. The molecule has 2 fully saturated rings. The average molecular weight is 2010 g/mol. The van der Waals surface area contributed by atoms with Crippen LogP contribution in [0.1, 0.15) is 187 Å². The summed E-state index contributed by atoms with van der Waals surface area (Å²) in [5, 5.41) is 47.4. The Labute approximate surface area is 837 Å². The zero-order valence-electron chi connectivity index (χ0n) is 83.6. The molecule has 0 saturated heterocycles. The van der Waals surface area contributed by atoms with Crippen molar-refractivity contribution in [3.8, 4) is 73.9 Å². The van der Waals surface area contributed by atoms with Crippen LogP contribution >= 0.6 is 0 Å². The van der Waals surface area contributed by atoms with Gasteiger partial charge in [-0.05, 0) is 199 Å². The summed E-state index contributed by atoms with van der Waals surface area (Å²) in [5.74, 6) is 0.371. The van der Waals surface area contributed by atoms with E-state index in [0.717, 1.165) is 147 Å². The minimum Gasteiger partial charge on any atom is -0.492 e. The Balaban J connectivity index is 0.000000164. The van der Waals surface area contributed by atoms with E-state index in [2.05, 4.69) is 119 Å². The number of para-hydroxylation sites is 1. The number of methoxy groups -OCH3 is 3. The highest BCUT2D eigenvalue weighted by molar-refractivity contribution is 7.92. The van der Waals surface area contributed by atoms with Crippen LogP contribution in [0, 0.1) is 20.8 Å². The normalized spacial score (nSPS) is 12.9. The summed E-state index contributed by atoms with van der Waals surface area (Å²) >= 11 is 0. The molecule has 39 heteroatoms. The van der Waals surface area contributed by atoms with Crippen molar-refractivity contribution < 1.29 is 63.4 Å². The summed E-state index contributed by atoms with van der Waals surface area (Å²) in [6.07, 6.45) is 20.0. The Bertz CT molecular complexity index is 7660. The Hall–Kier alpha value is -15.6. The SMILES string of the molecule is CCc1c(-c2cn(-c3cc(C(=O)Nc4cc(C5(C)CC5)cc(NS(C)(=O)=O)c4OC)ccc3C)nn2)cnn1C1CC1.CCc1nc(-c2cn(-c3cc(C(=O)Nc4cc(C(C)(C)C)cc(NS(C)(=O)=O)c4OC)ccc3C)nn2)cn1Cc1ccccc1.COc1c(NC(=O)c2ccc(C)c(-n3cc(-c4cnn(-c5ccccc5)c4CCNC(=O)OCc4ccccc4)nn3)c2)cc(C(C)(C)C)cc1NS(C)(=O)=O. The standard InChI is InChI=1S/C41H44N8O6S.C34H39N7O4S.C30H35N7O4S/c1-27-17-18-29(39(50)44-33-22-30(41(2,3)4)23-34(38(33)54-5)46-56(6,52)53)21-37(27)48-25-35(45-47-48)32-24-43-49(31-15-11-8-12-16-31)36(32)19-20-42-40(51)55-26-28-13-9-7-10-14-28;1-8-31-35-28(20-40(31)19-23-12-10-9-11-13-23)29-21-41(39-37-29)30-16-24(15-14-22(30)2)33(42)36-26-17-25(34(3,4)5)18-27(32(26)45-6)38-46(7,43)44;1-6-26-22(16-31-37(26)21-9-10-21)25-17-36(35-33-25)27-13-19(8-7-18(27)2)29(38)32-23-14-20(30(3)11-12-30)15-24(28(23)41-4)34-42(5,39)40/h7-18,21-25,46H,19-20,26H2,1-6H3,(H,42,51)(H,44,50);9-18,20-21,38H,8,19H2,1-7H3,(H,36,42);7-8,13-17,21,34H,6,9-12H2,1-5H3,(H,32,38). The van der Waals surface area contributed by atoms with Crippen LogP contribution in [-0.4, -0.2) is 170 Å². The molecule has 2 saturated carbocycles. The summed E-state index contributed by atoms with van der Waals surface area (Å²) in [5.41, 5.74) is 18.5. The van der Waals surface area contributed by atoms with E-state index in [9.17, 15) is 44.4 Å². The third-order valence-corrected chi connectivity index (χ3v) is 26.4. The minimum atomic E-state index is -3.65. The Morgan fingerprint density at radius 3 is 1.29 bits per heavy atom. The molecule has 0 aliphatic heterocycles. The van der Waals surface area contributed by atoms with Crippen molar-refractivity contribution in [2.24, 2.45) is 0 Å². The zero-order valence-corrected chi connectivity index (χ0v) is 86.0. The summed E-state index contributed by atoms with van der Waals surface area (Å²) in [7, 11) is -6.55. The molecule has 0 atom stereocenters. The number of carbonyl (C=O) groups excluding carboxylic acids is 4. The number of imidazole rings is 1. The van der Waals surface area contributed by atoms with Crippen LogP contribution in [0.2, 0.25) is 0 Å². The first kappa shape index (κ1) is 103. The highest BCUT2D eigenvalue weighted by Gasteiger charge is 2.41. The number of rotatable bonds is 33. The molecular weight excluding hydrogens is 1890 g/mol. The number of nitrogens with one attached hydrogen (secondary N) is 7. The van der Waals surface area contributed by atoms with Crippen LogP contribution in [0.4, 0.5) is 38.9 Å². The van der Waals surface area contributed by atoms with E-state index in [0.29, 0.717) is 75.5 Å². The summed E-state index contributed by atoms with van der Waals surface area (Å²) < 4.78 is 113. The van der Waals surface area contributed by atoms with Crippen LogP contribution in [0.25, 0.3) is 56.7 Å². The molecule has 0 unspecified atom stereocenters. The lowest BCUT2D eigenvalue weighted by molar-refractivity contribution is 0.101. The van der Waals surface area contributed by atoms with Crippen molar-refractivity contribution >= 4 is 88.0 Å². The number of amides is 4. The lowest BCUT2D eigenvalue weighted by Gasteiger charge is -2.24. The van der Waals surface area contributed by atoms with Crippen molar-refractivity contribution in [2.45, 2.75) is 163 Å². The predicted molar refractivity (Wildman–Crippen MR) is 556 cm³/mol. The summed E-state index contributed by atoms with van der Waals surface area (Å²) in [6, 6.07) is 56.3. The fourth-order valence-electron chi connectivity index (χ4n) is 16.5. The maximum absolute atomic E-state index is 13.8. The largest absolute Gasteiger partial charge is 0.492 e. The Kier molecular flexibility index (Phi) is 30.4. The molecular formula is C105H118N22O14S3. The topological polar surface area (TPSA) is 437 Å². The highest BCUT2D eigenvalue weighted by Crippen LogP contribution is 2.52. The van der Waals surface area contributed by atoms with Crippen LogP contribution in [0.5, 0.6) is 17.2 Å². The number of ether oxygens (including phenoxy) is 4. The lowest BCUT2D eigenvalue weighted by Crippen LogP contribution is -2.27. The van der Waals surface area contributed by atoms with E-state index in [1.54, 1.807) is 104 Å². The van der Waals surface area contributed by atoms with Gasteiger partial charge in [0.2, 0.25) is 30.1 Å². The average Bonchev–Trinajstić information content (AvgIpc) is 1.61. The van der Waals surface area contributed by atoms with Gasteiger partial charge in [0, 0.05) is 65.6 Å². The van der Waals surface area contributed by atoms with Crippen molar-refractivity contribution in [3.63, 3.8) is 0 Å². The molecule has 6 heterocycles. The molecule has 4 amide bonds. The molecule has 36 nitrogen and oxygen atoms in total. The molecule has 144 heavy (non-hydrogen) atoms. The second kappa shape index (κ2) is 42.6. The Morgan fingerprint density at radius 1 is 0.465 bits per heavy atom. The molecule has 0 spiro atoms. The number of hydrogen-bond donors (Lipinski definition) is 7. The summed E-state index contributed by atoms with van der Waals surface area (Å²) in [4.78, 5) is 58.3. The molecule has 2 aliphatic rings. The molecule has 15 aromatic rings. The Morgan fingerprint density at radius 2 is 0.868 bits per heavy atom. The van der Waals surface area contributed by atoms with Gasteiger partial charge >= 0.3 is 6.09 Å². The predicted octanol–water partition coefficient (Wildman–Crippen LogP) is 17.8. The first-order valence-electron chi connectivity index (χ1n) is 46.8. The van der Waals surface area contributed by atoms with Gasteiger partial charge in [-0.15, -0.1) is 15.3 Å². The molecule has 6 aromatic heterocycles. The second-order valence-corrected chi connectivity index (χ2v) is 43.3. The van der Waals surface area contributed by atoms with Gasteiger partial charge in [0.15, 0.2) is 17.2 Å². The fraction of sp³-hybridized carbons (Fsp3) is 0.305. The van der Waals surface area contributed by atoms with Crippen molar-refractivity contribution in [3.05, 3.63) is 298 Å². The lowest BCUT2D eigenvalue weighted by atomic mass is 9.86. The van der Waals surface area contributed by atoms with Gasteiger partial charge < -0.3 is 44.8 Å². The number of carbonyl (C=O) groups is 4. The first-order chi connectivity index (χ1) is 68.4. The van der Waals surface area contributed by atoms with Crippen LogP contribution < -0.4 is 49.6 Å². The van der Waals surface area contributed by atoms with Crippen molar-refractivity contribution in [1.29, 1.82) is 0 Å². The molecule has 0 bridgehead atoms. The van der Waals surface area contributed by atoms with E-state index in [-0.39, 0.29) is 69.6 Å². The number of hydrogen-bond acceptors (Lipinski definition) is 23. The molecule has 0 radical (unpaired) electrons. The van der Waals surface area contributed by atoms with Crippen LogP contribution in [-0.2, 0) is 83.5 Å². The number of aromatic nitrogens is 15. The maximum atomic E-state index is 13.8. The number of sulfonamides is 3. The van der Waals surface area contributed by atoms with E-state index >= 15 is 0 Å². The van der Waals surface area contributed by atoms with Crippen LogP contribution in [0.3, 0.4) is 0 Å². The van der Waals surface area contributed by atoms with E-state index in [1.165, 1.54) is 26.9 Å². The van der Waals surface area contributed by atoms with E-state index in [4.69, 9.17) is 23.9 Å². The van der Waals surface area contributed by atoms with Gasteiger partial charge in [-0.25, -0.2) is 53.8 Å². The molecule has 17 rings (SSSR count). The van der Waals surface area contributed by atoms with Gasteiger partial charge in [0.1, 0.15) is 35.2 Å². The van der Waals surface area contributed by atoms with Crippen molar-refractivity contribution in [1.82, 2.24) is 79.4 Å². The van der Waals surface area contributed by atoms with Crippen LogP contribution in [0.15, 0.2) is 219 Å². The second-order valence-electron chi connectivity index (χ2n) is 38.0. The van der Waals surface area contributed by atoms with E-state index < -0.39 is 48.0 Å². The van der Waals surface area contributed by atoms with Gasteiger partial charge in [-0.3, -0.25) is 33.2 Å². The monoisotopic (exact) mass is 2010 g/mol. The van der Waals surface area contributed by atoms with Gasteiger partial charge in [-0.1, -0.05) is 175 Å². The number of benzene rings is 9. The summed E-state index contributed by atoms with van der Waals surface area (Å²) in [6.45, 7) is 25.2. The van der Waals surface area contributed by atoms with Gasteiger partial charge in [-0.2, -0.15) is 10.2 Å². The van der Waals surface area contributed by atoms with Crippen molar-refractivity contribution in [2.75, 3.05) is 76.8 Å². The molecule has 7 N–H and O–H groups in total. The minimum absolute atomic E-state index is 0.0751. The molecule has 2 aliphatic carbocycles. The van der Waals surface area contributed by atoms with Gasteiger partial charge in [0.05, 0.1) is 140 Å². The zero-order chi connectivity index (χ0) is 103. The first-order valence-corrected chi connectivity index (χ1v) is 52.5. The molecule has 9 aromatic carbocycles. The quantitative estimate of drug-likeness (QED) is 0.0201. The third kappa shape index (κ3) is 24.9. The smallest absolute Gasteiger partial charge is 0.407 e. The third-order valence-electron chi connectivity index (χ3n) is 24.6. The maximum Gasteiger partial charge on any atom is 0.407 e.